The van der Waals surface area contributed by atoms with E-state index in [0.29, 0.717) is 0 Å². The lowest BCUT2D eigenvalue weighted by molar-refractivity contribution is 0.281. The second-order valence-corrected chi connectivity index (χ2v) is 4.26. The number of hydrogen-bond donors (Lipinski definition) is 1. The lowest BCUT2D eigenvalue weighted by atomic mass is 10.1. The van der Waals surface area contributed by atoms with Crippen LogP contribution in [0.1, 0.15) is 10.6 Å². The van der Waals surface area contributed by atoms with Gasteiger partial charge in [-0.25, -0.2) is 4.98 Å². The molecule has 0 amide bonds. The van der Waals surface area contributed by atoms with Crippen molar-refractivity contribution in [3.8, 4) is 10.4 Å². The van der Waals surface area contributed by atoms with Crippen LogP contribution in [-0.4, -0.2) is 10.1 Å². The minimum absolute atomic E-state index is 0.0243. The molecule has 0 aliphatic rings. The van der Waals surface area contributed by atoms with Crippen LogP contribution < -0.4 is 0 Å². The molecule has 2 rings (SSSR count). The topological polar surface area (TPSA) is 33.1 Å². The maximum atomic E-state index is 8.89. The van der Waals surface area contributed by atoms with Gasteiger partial charge in [0, 0.05) is 6.20 Å². The first kappa shape index (κ1) is 9.37. The summed E-state index contributed by atoms with van der Waals surface area (Å²) in [5.41, 5.74) is 2.41. The number of nitrogens with zero attached hydrogens (tertiary/aromatic N) is 1. The SMILES string of the molecule is Cc1ccc(-c2cnc(CO)s2)cc1. The smallest absolute Gasteiger partial charge is 0.119 e. The Bertz CT molecular complexity index is 419. The second kappa shape index (κ2) is 3.90. The fraction of sp³-hybridized carbons (Fsp3) is 0.182. The molecule has 0 unspecified atom stereocenters. The summed E-state index contributed by atoms with van der Waals surface area (Å²) in [4.78, 5) is 5.21. The zero-order chi connectivity index (χ0) is 9.97. The zero-order valence-corrected chi connectivity index (χ0v) is 8.71. The van der Waals surface area contributed by atoms with Crippen LogP contribution in [0.25, 0.3) is 10.4 Å². The number of aromatic nitrogens is 1. The molecule has 1 aromatic heterocycles. The zero-order valence-electron chi connectivity index (χ0n) is 7.90. The van der Waals surface area contributed by atoms with Crippen LogP contribution in [0, 0.1) is 6.92 Å². The largest absolute Gasteiger partial charge is 0.389 e. The third kappa shape index (κ3) is 1.84. The lowest BCUT2D eigenvalue weighted by Gasteiger charge is -1.96. The molecule has 0 atom stereocenters. The van der Waals surface area contributed by atoms with Crippen molar-refractivity contribution in [2.24, 2.45) is 0 Å². The van der Waals surface area contributed by atoms with Crippen LogP contribution in [0.4, 0.5) is 0 Å². The molecule has 0 fully saturated rings. The highest BCUT2D eigenvalue weighted by molar-refractivity contribution is 7.15. The summed E-state index contributed by atoms with van der Waals surface area (Å²) in [6.45, 7) is 2.09. The Morgan fingerprint density at radius 1 is 1.29 bits per heavy atom. The highest BCUT2D eigenvalue weighted by Crippen LogP contribution is 2.26. The van der Waals surface area contributed by atoms with E-state index in [-0.39, 0.29) is 6.61 Å². The maximum Gasteiger partial charge on any atom is 0.119 e. The number of aliphatic hydroxyl groups excluding tert-OH is 1. The van der Waals surface area contributed by atoms with Gasteiger partial charge in [-0.15, -0.1) is 11.3 Å². The Balaban J connectivity index is 2.34. The number of benzene rings is 1. The van der Waals surface area contributed by atoms with Gasteiger partial charge in [-0.05, 0) is 12.5 Å². The Morgan fingerprint density at radius 2 is 2.00 bits per heavy atom. The molecule has 1 heterocycles. The minimum atomic E-state index is 0.0243. The van der Waals surface area contributed by atoms with Crippen molar-refractivity contribution in [2.45, 2.75) is 13.5 Å². The second-order valence-electron chi connectivity index (χ2n) is 3.14. The Labute approximate surface area is 86.9 Å². The number of hydrogen-bond acceptors (Lipinski definition) is 3. The molecule has 0 saturated heterocycles. The molecule has 0 radical (unpaired) electrons. The lowest BCUT2D eigenvalue weighted by Crippen LogP contribution is -1.75. The molecular formula is C11H11NOS. The van der Waals surface area contributed by atoms with Crippen LogP contribution in [0.5, 0.6) is 0 Å². The van der Waals surface area contributed by atoms with E-state index in [1.54, 1.807) is 6.20 Å². The quantitative estimate of drug-likeness (QED) is 0.817. The van der Waals surface area contributed by atoms with Crippen LogP contribution in [0.3, 0.4) is 0 Å². The predicted molar refractivity (Wildman–Crippen MR) is 58.2 cm³/mol. The Morgan fingerprint density at radius 3 is 2.57 bits per heavy atom. The highest BCUT2D eigenvalue weighted by Gasteiger charge is 2.02. The molecule has 1 N–H and O–H groups in total. The molecule has 0 aliphatic carbocycles. The van der Waals surface area contributed by atoms with Crippen molar-refractivity contribution in [1.29, 1.82) is 0 Å². The number of thiazole rings is 1. The molecule has 0 bridgehead atoms. The summed E-state index contributed by atoms with van der Waals surface area (Å²) in [7, 11) is 0. The first-order chi connectivity index (χ1) is 6.79. The van der Waals surface area contributed by atoms with Gasteiger partial charge in [-0.1, -0.05) is 29.8 Å². The van der Waals surface area contributed by atoms with Crippen LogP contribution in [0.15, 0.2) is 30.5 Å². The third-order valence-corrected chi connectivity index (χ3v) is 3.06. The molecule has 2 aromatic rings. The van der Waals surface area contributed by atoms with Crippen molar-refractivity contribution in [3.05, 3.63) is 41.0 Å². The van der Waals surface area contributed by atoms with E-state index in [1.807, 2.05) is 0 Å². The molecule has 14 heavy (non-hydrogen) atoms. The monoisotopic (exact) mass is 205 g/mol. The van der Waals surface area contributed by atoms with Crippen molar-refractivity contribution in [3.63, 3.8) is 0 Å². The average molecular weight is 205 g/mol. The molecule has 2 nitrogen and oxygen atoms in total. The molecule has 0 saturated carbocycles. The molecule has 0 spiro atoms. The normalized spacial score (nSPS) is 10.4. The summed E-state index contributed by atoms with van der Waals surface area (Å²) in [5.74, 6) is 0. The third-order valence-electron chi connectivity index (χ3n) is 2.02. The Kier molecular flexibility index (Phi) is 2.61. The summed E-state index contributed by atoms with van der Waals surface area (Å²) in [5, 5.41) is 9.65. The van der Waals surface area contributed by atoms with Gasteiger partial charge in [-0.2, -0.15) is 0 Å². The molecular weight excluding hydrogens is 194 g/mol. The predicted octanol–water partition coefficient (Wildman–Crippen LogP) is 2.61. The van der Waals surface area contributed by atoms with Crippen molar-refractivity contribution in [2.75, 3.05) is 0 Å². The van der Waals surface area contributed by atoms with Gasteiger partial charge >= 0.3 is 0 Å². The van der Waals surface area contributed by atoms with Gasteiger partial charge in [0.05, 0.1) is 11.5 Å². The van der Waals surface area contributed by atoms with Gasteiger partial charge in [0.25, 0.3) is 0 Å². The summed E-state index contributed by atoms with van der Waals surface area (Å²) < 4.78 is 0. The van der Waals surface area contributed by atoms with Crippen LogP contribution in [0.2, 0.25) is 0 Å². The van der Waals surface area contributed by atoms with Crippen molar-refractivity contribution < 1.29 is 5.11 Å². The van der Waals surface area contributed by atoms with Gasteiger partial charge in [-0.3, -0.25) is 0 Å². The summed E-state index contributed by atoms with van der Waals surface area (Å²) in [6, 6.07) is 8.30. The van der Waals surface area contributed by atoms with E-state index < -0.39 is 0 Å². The van der Waals surface area contributed by atoms with Gasteiger partial charge in [0.1, 0.15) is 5.01 Å². The number of aliphatic hydroxyl groups is 1. The Hall–Kier alpha value is -1.19. The summed E-state index contributed by atoms with van der Waals surface area (Å²) >= 11 is 1.53. The molecule has 3 heteroatoms. The van der Waals surface area contributed by atoms with E-state index >= 15 is 0 Å². The van der Waals surface area contributed by atoms with E-state index in [2.05, 4.69) is 36.2 Å². The van der Waals surface area contributed by atoms with Gasteiger partial charge in [0.2, 0.25) is 0 Å². The van der Waals surface area contributed by atoms with Gasteiger partial charge in [0.15, 0.2) is 0 Å². The standard InChI is InChI=1S/C11H11NOS/c1-8-2-4-9(5-3-8)10-6-12-11(7-13)14-10/h2-6,13H,7H2,1H3. The average Bonchev–Trinajstić information content (AvgIpc) is 2.67. The molecule has 1 aromatic carbocycles. The fourth-order valence-corrected chi connectivity index (χ4v) is 2.02. The molecule has 0 aliphatic heterocycles. The van der Waals surface area contributed by atoms with Gasteiger partial charge < -0.3 is 5.11 Å². The minimum Gasteiger partial charge on any atom is -0.389 e. The highest BCUT2D eigenvalue weighted by atomic mass is 32.1. The van der Waals surface area contributed by atoms with Crippen LogP contribution in [-0.2, 0) is 6.61 Å². The molecule has 72 valence electrons. The number of rotatable bonds is 2. The summed E-state index contributed by atoms with van der Waals surface area (Å²) in [6.07, 6.45) is 1.81. The van der Waals surface area contributed by atoms with Crippen molar-refractivity contribution >= 4 is 11.3 Å². The number of aryl methyl sites for hydroxylation is 1. The fourth-order valence-electron chi connectivity index (χ4n) is 1.23. The van der Waals surface area contributed by atoms with E-state index in [9.17, 15) is 0 Å². The van der Waals surface area contributed by atoms with E-state index in [1.165, 1.54) is 16.9 Å². The van der Waals surface area contributed by atoms with E-state index in [0.717, 1.165) is 15.4 Å². The first-order valence-electron chi connectivity index (χ1n) is 4.42. The maximum absolute atomic E-state index is 8.89. The van der Waals surface area contributed by atoms with Crippen molar-refractivity contribution in [1.82, 2.24) is 4.98 Å². The first-order valence-corrected chi connectivity index (χ1v) is 5.24. The van der Waals surface area contributed by atoms with E-state index in [4.69, 9.17) is 5.11 Å². The van der Waals surface area contributed by atoms with Crippen LogP contribution >= 0.6 is 11.3 Å².